The van der Waals surface area contributed by atoms with Gasteiger partial charge in [-0.05, 0) is 37.7 Å². The molecule has 0 saturated heterocycles. The summed E-state index contributed by atoms with van der Waals surface area (Å²) >= 11 is 13.5. The number of nitrogens with zero attached hydrogens (tertiary/aromatic N) is 4. The number of aryl methyl sites for hydroxylation is 1. The maximum Gasteiger partial charge on any atom is 0.191 e. The molecule has 3 rings (SSSR count). The van der Waals surface area contributed by atoms with Crippen LogP contribution in [0.3, 0.4) is 0 Å². The molecule has 8 heteroatoms. The zero-order valence-corrected chi connectivity index (χ0v) is 17.0. The molecule has 2 aromatic rings. The number of rotatable bonds is 7. The minimum absolute atomic E-state index is 0.00501. The normalized spacial score (nSPS) is 15.3. The van der Waals surface area contributed by atoms with E-state index in [-0.39, 0.29) is 10.8 Å². The Labute approximate surface area is 167 Å². The Balaban J connectivity index is 1.60. The summed E-state index contributed by atoms with van der Waals surface area (Å²) in [6.07, 6.45) is 10.4. The Morgan fingerprint density at radius 1 is 1.31 bits per heavy atom. The van der Waals surface area contributed by atoms with Gasteiger partial charge in [0.2, 0.25) is 0 Å². The summed E-state index contributed by atoms with van der Waals surface area (Å²) < 4.78 is 2.32. The Hall–Kier alpha value is -1.24. The van der Waals surface area contributed by atoms with E-state index >= 15 is 0 Å². The van der Waals surface area contributed by atoms with Crippen LogP contribution in [0.15, 0.2) is 22.3 Å². The fraction of sp³-hybridized carbons (Fsp3) is 0.500. The van der Waals surface area contributed by atoms with Crippen molar-refractivity contribution in [2.45, 2.75) is 49.7 Å². The van der Waals surface area contributed by atoms with Crippen LogP contribution >= 0.6 is 35.0 Å². The van der Waals surface area contributed by atoms with E-state index in [1.807, 2.05) is 6.26 Å². The molecule has 1 heterocycles. The summed E-state index contributed by atoms with van der Waals surface area (Å²) in [5.41, 5.74) is 0.529. The highest BCUT2D eigenvalue weighted by atomic mass is 35.5. The van der Waals surface area contributed by atoms with Crippen LogP contribution in [0.1, 0.15) is 49.5 Å². The Bertz CT molecular complexity index is 788. The Morgan fingerprint density at radius 3 is 2.81 bits per heavy atom. The molecule has 1 aliphatic rings. The molecule has 1 aromatic carbocycles. The molecule has 0 spiro atoms. The van der Waals surface area contributed by atoms with Gasteiger partial charge in [0.15, 0.2) is 5.16 Å². The maximum absolute atomic E-state index is 9.94. The van der Waals surface area contributed by atoms with Crippen molar-refractivity contribution in [3.8, 4) is 5.75 Å². The van der Waals surface area contributed by atoms with Gasteiger partial charge in [0, 0.05) is 35.8 Å². The van der Waals surface area contributed by atoms with E-state index in [1.54, 1.807) is 24.0 Å². The number of phenolic OH excluding ortho intramolecular Hbond substituents is 1. The van der Waals surface area contributed by atoms with E-state index < -0.39 is 0 Å². The molecule has 1 N–H and O–H groups in total. The Kier molecular flexibility index (Phi) is 6.84. The first-order valence-electron chi connectivity index (χ1n) is 8.75. The quantitative estimate of drug-likeness (QED) is 0.386. The summed E-state index contributed by atoms with van der Waals surface area (Å²) in [5.74, 6) is 1.05. The summed E-state index contributed by atoms with van der Waals surface area (Å²) in [6, 6.07) is 3.69. The molecule has 1 aromatic heterocycles. The summed E-state index contributed by atoms with van der Waals surface area (Å²) in [4.78, 5) is 4.39. The lowest BCUT2D eigenvalue weighted by atomic mass is 10.2. The second-order valence-electron chi connectivity index (χ2n) is 6.38. The van der Waals surface area contributed by atoms with Gasteiger partial charge in [0.25, 0.3) is 0 Å². The molecule has 1 saturated carbocycles. The van der Waals surface area contributed by atoms with Crippen LogP contribution in [0, 0.1) is 0 Å². The zero-order chi connectivity index (χ0) is 18.5. The molecule has 0 radical (unpaired) electrons. The summed E-state index contributed by atoms with van der Waals surface area (Å²) in [5, 5.41) is 20.4. The lowest BCUT2D eigenvalue weighted by Crippen LogP contribution is -2.11. The fourth-order valence-corrected chi connectivity index (χ4v) is 4.40. The van der Waals surface area contributed by atoms with E-state index in [0.29, 0.717) is 23.2 Å². The van der Waals surface area contributed by atoms with Crippen LogP contribution in [0.25, 0.3) is 0 Å². The zero-order valence-electron chi connectivity index (χ0n) is 14.7. The number of thioether (sulfide) groups is 1. The topological polar surface area (TPSA) is 63.3 Å². The smallest absolute Gasteiger partial charge is 0.191 e. The standard InChI is InChI=1S/C18H22Cl2N4OS/c1-26-18-23-22-16(24(18)14-5-2-3-6-14)7-4-8-21-11-12-9-13(19)10-15(20)17(12)25/h9-11,14,25H,2-8H2,1H3. The number of benzene rings is 1. The summed E-state index contributed by atoms with van der Waals surface area (Å²) in [7, 11) is 0. The third-order valence-electron chi connectivity index (χ3n) is 4.58. The van der Waals surface area contributed by atoms with Gasteiger partial charge in [0.1, 0.15) is 11.6 Å². The highest BCUT2D eigenvalue weighted by Gasteiger charge is 2.23. The number of aromatic nitrogens is 3. The predicted molar refractivity (Wildman–Crippen MR) is 108 cm³/mol. The van der Waals surface area contributed by atoms with Crippen LogP contribution in [-0.4, -0.2) is 38.9 Å². The van der Waals surface area contributed by atoms with Crippen LogP contribution in [0.4, 0.5) is 0 Å². The van der Waals surface area contributed by atoms with Crippen molar-refractivity contribution in [2.75, 3.05) is 12.8 Å². The second-order valence-corrected chi connectivity index (χ2v) is 7.99. The lowest BCUT2D eigenvalue weighted by molar-refractivity contribution is 0.461. The summed E-state index contributed by atoms with van der Waals surface area (Å²) in [6.45, 7) is 0.635. The minimum Gasteiger partial charge on any atom is -0.506 e. The highest BCUT2D eigenvalue weighted by Crippen LogP contribution is 2.33. The molecule has 140 valence electrons. The molecule has 0 bridgehead atoms. The molecule has 0 amide bonds. The van der Waals surface area contributed by atoms with E-state index in [0.717, 1.165) is 23.8 Å². The molecule has 0 atom stereocenters. The van der Waals surface area contributed by atoms with E-state index in [2.05, 4.69) is 19.8 Å². The fourth-order valence-electron chi connectivity index (χ4n) is 3.32. The van der Waals surface area contributed by atoms with Crippen molar-refractivity contribution in [3.63, 3.8) is 0 Å². The largest absolute Gasteiger partial charge is 0.506 e. The SMILES string of the molecule is CSc1nnc(CCCN=Cc2cc(Cl)cc(Cl)c2O)n1C1CCCC1. The van der Waals surface area contributed by atoms with Gasteiger partial charge in [-0.15, -0.1) is 10.2 Å². The number of aromatic hydroxyl groups is 1. The van der Waals surface area contributed by atoms with Gasteiger partial charge in [-0.2, -0.15) is 0 Å². The highest BCUT2D eigenvalue weighted by molar-refractivity contribution is 7.98. The first-order valence-corrected chi connectivity index (χ1v) is 10.7. The van der Waals surface area contributed by atoms with Gasteiger partial charge in [-0.1, -0.05) is 47.8 Å². The average Bonchev–Trinajstić information content (AvgIpc) is 3.27. The van der Waals surface area contributed by atoms with Crippen molar-refractivity contribution in [3.05, 3.63) is 33.6 Å². The Morgan fingerprint density at radius 2 is 2.08 bits per heavy atom. The van der Waals surface area contributed by atoms with Crippen LogP contribution in [0.2, 0.25) is 10.0 Å². The van der Waals surface area contributed by atoms with Crippen molar-refractivity contribution < 1.29 is 5.11 Å². The van der Waals surface area contributed by atoms with Gasteiger partial charge < -0.3 is 9.67 Å². The third-order valence-corrected chi connectivity index (χ3v) is 5.73. The number of hydrogen-bond donors (Lipinski definition) is 1. The molecule has 1 aliphatic carbocycles. The van der Waals surface area contributed by atoms with Crippen LogP contribution in [-0.2, 0) is 6.42 Å². The number of hydrogen-bond acceptors (Lipinski definition) is 5. The molecule has 26 heavy (non-hydrogen) atoms. The van der Waals surface area contributed by atoms with Crippen LogP contribution in [0.5, 0.6) is 5.75 Å². The number of phenols is 1. The van der Waals surface area contributed by atoms with Gasteiger partial charge in [-0.3, -0.25) is 4.99 Å². The molecule has 1 fully saturated rings. The van der Waals surface area contributed by atoms with Crippen molar-refractivity contribution in [1.82, 2.24) is 14.8 Å². The van der Waals surface area contributed by atoms with Gasteiger partial charge >= 0.3 is 0 Å². The second kappa shape index (κ2) is 9.11. The molecular weight excluding hydrogens is 391 g/mol. The molecular formula is C18H22Cl2N4OS. The molecule has 5 nitrogen and oxygen atoms in total. The maximum atomic E-state index is 9.94. The molecule has 0 aliphatic heterocycles. The third kappa shape index (κ3) is 4.53. The first-order chi connectivity index (χ1) is 12.6. The van der Waals surface area contributed by atoms with Crippen LogP contribution < -0.4 is 0 Å². The van der Waals surface area contributed by atoms with E-state index in [1.165, 1.54) is 31.7 Å². The van der Waals surface area contributed by atoms with Crippen molar-refractivity contribution >= 4 is 41.2 Å². The number of aliphatic imine (C=N–C) groups is 1. The monoisotopic (exact) mass is 412 g/mol. The predicted octanol–water partition coefficient (Wildman–Crippen LogP) is 5.18. The van der Waals surface area contributed by atoms with Crippen molar-refractivity contribution in [2.24, 2.45) is 4.99 Å². The van der Waals surface area contributed by atoms with Crippen molar-refractivity contribution in [1.29, 1.82) is 0 Å². The van der Waals surface area contributed by atoms with E-state index in [4.69, 9.17) is 23.2 Å². The van der Waals surface area contributed by atoms with E-state index in [9.17, 15) is 5.11 Å². The van der Waals surface area contributed by atoms with Gasteiger partial charge in [-0.25, -0.2) is 0 Å². The lowest BCUT2D eigenvalue weighted by Gasteiger charge is -2.15. The van der Waals surface area contributed by atoms with Gasteiger partial charge in [0.05, 0.1) is 5.02 Å². The average molecular weight is 413 g/mol. The first kappa shape index (κ1) is 19.5. The molecule has 0 unspecified atom stereocenters. The minimum atomic E-state index is 0.00501. The number of halogens is 2.